The summed E-state index contributed by atoms with van der Waals surface area (Å²) >= 11 is 0. The third-order valence-electron chi connectivity index (χ3n) is 5.45. The van der Waals surface area contributed by atoms with E-state index in [1.54, 1.807) is 4.90 Å². The van der Waals surface area contributed by atoms with Crippen molar-refractivity contribution in [2.45, 2.75) is 50.8 Å². The first-order valence-corrected chi connectivity index (χ1v) is 9.44. The minimum absolute atomic E-state index is 0.0247. The van der Waals surface area contributed by atoms with Gasteiger partial charge >= 0.3 is 6.18 Å². The summed E-state index contributed by atoms with van der Waals surface area (Å²) in [6.45, 7) is 1.66. The van der Waals surface area contributed by atoms with E-state index in [-0.39, 0.29) is 24.9 Å². The van der Waals surface area contributed by atoms with Gasteiger partial charge in [-0.3, -0.25) is 4.79 Å². The minimum atomic E-state index is -4.18. The molecule has 144 valence electrons. The van der Waals surface area contributed by atoms with Crippen molar-refractivity contribution in [1.82, 2.24) is 4.90 Å². The molecule has 3 rings (SSSR count). The first-order chi connectivity index (χ1) is 12.4. The molecule has 1 heterocycles. The Morgan fingerprint density at radius 1 is 1.15 bits per heavy atom. The molecule has 2 aliphatic rings. The molecule has 3 nitrogen and oxygen atoms in total. The maximum atomic E-state index is 12.9. The standard InChI is InChI=1S/C20H26F3NO2/c21-20(22,23)17-10-4-9-16(12-17)19(25)24-13-18(14-24)26-11-5-8-15-6-2-1-3-7-15/h1-3,6-7,16-18H,4-5,8-14H2/t16-,17-/m1/s1. The molecule has 1 aliphatic heterocycles. The molecule has 0 aromatic heterocycles. The number of nitrogens with zero attached hydrogens (tertiary/aromatic N) is 1. The van der Waals surface area contributed by atoms with Crippen molar-refractivity contribution in [3.63, 3.8) is 0 Å². The van der Waals surface area contributed by atoms with Crippen molar-refractivity contribution >= 4 is 5.91 Å². The molecular weight excluding hydrogens is 343 g/mol. The number of rotatable bonds is 6. The second kappa shape index (κ2) is 8.42. The fourth-order valence-electron chi connectivity index (χ4n) is 3.86. The Bertz CT molecular complexity index is 584. The van der Waals surface area contributed by atoms with Crippen molar-refractivity contribution in [3.05, 3.63) is 35.9 Å². The fourth-order valence-corrected chi connectivity index (χ4v) is 3.86. The lowest BCUT2D eigenvalue weighted by atomic mass is 9.80. The summed E-state index contributed by atoms with van der Waals surface area (Å²) < 4.78 is 44.4. The van der Waals surface area contributed by atoms with Gasteiger partial charge in [0.15, 0.2) is 0 Å². The van der Waals surface area contributed by atoms with Crippen molar-refractivity contribution in [3.8, 4) is 0 Å². The zero-order valence-corrected chi connectivity index (χ0v) is 14.9. The van der Waals surface area contributed by atoms with Gasteiger partial charge in [-0.15, -0.1) is 0 Å². The van der Waals surface area contributed by atoms with Crippen LogP contribution in [0.5, 0.6) is 0 Å². The van der Waals surface area contributed by atoms with Gasteiger partial charge in [-0.05, 0) is 37.7 Å². The highest BCUT2D eigenvalue weighted by atomic mass is 19.4. The van der Waals surface area contributed by atoms with E-state index in [0.29, 0.717) is 32.5 Å². The fraction of sp³-hybridized carbons (Fsp3) is 0.650. The third kappa shape index (κ3) is 5.00. The van der Waals surface area contributed by atoms with Crippen LogP contribution in [-0.2, 0) is 16.0 Å². The normalized spacial score (nSPS) is 24.3. The summed E-state index contributed by atoms with van der Waals surface area (Å²) in [5, 5.41) is 0. The maximum absolute atomic E-state index is 12.9. The largest absolute Gasteiger partial charge is 0.391 e. The second-order valence-corrected chi connectivity index (χ2v) is 7.43. The summed E-state index contributed by atoms with van der Waals surface area (Å²) in [6.07, 6.45) is -1.13. The van der Waals surface area contributed by atoms with E-state index in [2.05, 4.69) is 12.1 Å². The van der Waals surface area contributed by atoms with Gasteiger partial charge in [-0.2, -0.15) is 13.2 Å². The number of halogens is 3. The van der Waals surface area contributed by atoms with Crippen LogP contribution in [0.25, 0.3) is 0 Å². The van der Waals surface area contributed by atoms with E-state index in [9.17, 15) is 18.0 Å². The molecule has 2 fully saturated rings. The number of carbonyl (C=O) groups excluding carboxylic acids is 1. The molecular formula is C20H26F3NO2. The number of likely N-dealkylation sites (tertiary alicyclic amines) is 1. The van der Waals surface area contributed by atoms with Crippen molar-refractivity contribution in [1.29, 1.82) is 0 Å². The van der Waals surface area contributed by atoms with Gasteiger partial charge in [0.05, 0.1) is 12.0 Å². The van der Waals surface area contributed by atoms with Gasteiger partial charge in [-0.25, -0.2) is 0 Å². The lowest BCUT2D eigenvalue weighted by Crippen LogP contribution is -2.57. The van der Waals surface area contributed by atoms with Gasteiger partial charge in [0, 0.05) is 25.6 Å². The van der Waals surface area contributed by atoms with Crippen LogP contribution in [0, 0.1) is 11.8 Å². The van der Waals surface area contributed by atoms with Gasteiger partial charge in [0.1, 0.15) is 0 Å². The maximum Gasteiger partial charge on any atom is 0.391 e. The number of ether oxygens (including phenoxy) is 1. The highest BCUT2D eigenvalue weighted by Crippen LogP contribution is 2.40. The molecule has 1 saturated heterocycles. The summed E-state index contributed by atoms with van der Waals surface area (Å²) in [6, 6.07) is 10.2. The Kier molecular flexibility index (Phi) is 6.22. The minimum Gasteiger partial charge on any atom is -0.375 e. The first kappa shape index (κ1) is 19.2. The molecule has 1 aliphatic carbocycles. The summed E-state index contributed by atoms with van der Waals surface area (Å²) in [5.41, 5.74) is 1.28. The topological polar surface area (TPSA) is 29.5 Å². The monoisotopic (exact) mass is 369 g/mol. The van der Waals surface area contributed by atoms with Crippen molar-refractivity contribution in [2.75, 3.05) is 19.7 Å². The number of carbonyl (C=O) groups is 1. The highest BCUT2D eigenvalue weighted by molar-refractivity contribution is 5.79. The number of benzene rings is 1. The Morgan fingerprint density at radius 3 is 2.58 bits per heavy atom. The highest BCUT2D eigenvalue weighted by Gasteiger charge is 2.45. The molecule has 0 unspecified atom stereocenters. The van der Waals surface area contributed by atoms with Crippen molar-refractivity contribution < 1.29 is 22.7 Å². The Hall–Kier alpha value is -1.56. The van der Waals surface area contributed by atoms with Crippen LogP contribution in [0.15, 0.2) is 30.3 Å². The van der Waals surface area contributed by atoms with E-state index >= 15 is 0 Å². The molecule has 0 N–H and O–H groups in total. The van der Waals surface area contributed by atoms with E-state index < -0.39 is 18.0 Å². The van der Waals surface area contributed by atoms with Crippen LogP contribution in [0.1, 0.15) is 37.7 Å². The number of hydrogen-bond donors (Lipinski definition) is 0. The van der Waals surface area contributed by atoms with Crippen LogP contribution in [0.3, 0.4) is 0 Å². The zero-order chi connectivity index (χ0) is 18.6. The Labute approximate surface area is 152 Å². The molecule has 1 amide bonds. The van der Waals surface area contributed by atoms with Crippen LogP contribution in [-0.4, -0.2) is 42.8 Å². The van der Waals surface area contributed by atoms with Crippen LogP contribution in [0.2, 0.25) is 0 Å². The summed E-state index contributed by atoms with van der Waals surface area (Å²) in [5.74, 6) is -1.92. The Balaban J connectivity index is 1.33. The Morgan fingerprint density at radius 2 is 1.88 bits per heavy atom. The quantitative estimate of drug-likeness (QED) is 0.703. The predicted molar refractivity (Wildman–Crippen MR) is 92.6 cm³/mol. The third-order valence-corrected chi connectivity index (χ3v) is 5.45. The van der Waals surface area contributed by atoms with Gasteiger partial charge in [0.25, 0.3) is 0 Å². The molecule has 1 aromatic rings. The second-order valence-electron chi connectivity index (χ2n) is 7.43. The van der Waals surface area contributed by atoms with Gasteiger partial charge in [-0.1, -0.05) is 36.8 Å². The predicted octanol–water partition coefficient (Wildman–Crippen LogP) is 4.22. The van der Waals surface area contributed by atoms with Crippen LogP contribution in [0.4, 0.5) is 13.2 Å². The molecule has 1 aromatic carbocycles. The van der Waals surface area contributed by atoms with E-state index in [1.165, 1.54) is 5.56 Å². The van der Waals surface area contributed by atoms with Crippen molar-refractivity contribution in [2.24, 2.45) is 11.8 Å². The van der Waals surface area contributed by atoms with Gasteiger partial charge < -0.3 is 9.64 Å². The smallest absolute Gasteiger partial charge is 0.375 e. The van der Waals surface area contributed by atoms with Crippen LogP contribution >= 0.6 is 0 Å². The molecule has 26 heavy (non-hydrogen) atoms. The van der Waals surface area contributed by atoms with E-state index in [4.69, 9.17) is 4.74 Å². The van der Waals surface area contributed by atoms with E-state index in [0.717, 1.165) is 12.8 Å². The van der Waals surface area contributed by atoms with Gasteiger partial charge in [0.2, 0.25) is 5.91 Å². The molecule has 0 radical (unpaired) electrons. The molecule has 0 bridgehead atoms. The zero-order valence-electron chi connectivity index (χ0n) is 14.9. The molecule has 2 atom stereocenters. The summed E-state index contributed by atoms with van der Waals surface area (Å²) in [4.78, 5) is 14.1. The lowest BCUT2D eigenvalue weighted by molar-refractivity contribution is -0.188. The molecule has 1 saturated carbocycles. The summed E-state index contributed by atoms with van der Waals surface area (Å²) in [7, 11) is 0. The number of amides is 1. The average Bonchev–Trinajstić information content (AvgIpc) is 2.60. The number of aryl methyl sites for hydroxylation is 1. The van der Waals surface area contributed by atoms with E-state index in [1.807, 2.05) is 18.2 Å². The molecule has 6 heteroatoms. The lowest BCUT2D eigenvalue weighted by Gasteiger charge is -2.42. The number of alkyl halides is 3. The SMILES string of the molecule is O=C([C@@H]1CCC[C@@H](C(F)(F)F)C1)N1CC(OCCCc2ccccc2)C1. The first-order valence-electron chi connectivity index (χ1n) is 9.44. The molecule has 0 spiro atoms. The van der Waals surface area contributed by atoms with Crippen LogP contribution < -0.4 is 0 Å². The average molecular weight is 369 g/mol. The number of hydrogen-bond acceptors (Lipinski definition) is 2.